The Morgan fingerprint density at radius 2 is 2.00 bits per heavy atom. The minimum atomic E-state index is -0.997. The Bertz CT molecular complexity index is 879. The first-order valence-corrected chi connectivity index (χ1v) is 9.56. The molecular weight excluding hydrogens is 362 g/mol. The highest BCUT2D eigenvalue weighted by atomic mass is 32.2. The summed E-state index contributed by atoms with van der Waals surface area (Å²) in [4.78, 5) is 13.2. The molecule has 0 aliphatic carbocycles. The maximum absolute atomic E-state index is 12.1. The predicted octanol–water partition coefficient (Wildman–Crippen LogP) is 4.54. The first-order chi connectivity index (χ1) is 13.2. The van der Waals surface area contributed by atoms with Gasteiger partial charge in [0.2, 0.25) is 0 Å². The molecule has 2 aromatic carbocycles. The van der Waals surface area contributed by atoms with Crippen LogP contribution in [0.15, 0.2) is 70.4 Å². The van der Waals surface area contributed by atoms with Crippen molar-refractivity contribution in [1.82, 2.24) is 5.32 Å². The van der Waals surface area contributed by atoms with Crippen molar-refractivity contribution >= 4 is 17.7 Å². The standard InChI is InChI=1S/C21H21NO4S/c1-22-10-12-26-20-18(15-9-11-25-13-15)8-7-16(19(20)21(23)24)14-27-17-5-3-2-4-6-17/h2-9,11,13,22H,10,12,14H2,1H3,(H,23,24). The second kappa shape index (κ2) is 9.30. The Hall–Kier alpha value is -2.70. The molecule has 0 saturated heterocycles. The third kappa shape index (κ3) is 4.72. The first kappa shape index (κ1) is 19.1. The quantitative estimate of drug-likeness (QED) is 0.418. The van der Waals surface area contributed by atoms with Crippen LogP contribution in [0.4, 0.5) is 0 Å². The number of hydrogen-bond donors (Lipinski definition) is 2. The zero-order valence-electron chi connectivity index (χ0n) is 15.0. The van der Waals surface area contributed by atoms with Crippen LogP contribution in [0.2, 0.25) is 0 Å². The minimum Gasteiger partial charge on any atom is -0.491 e. The molecule has 0 radical (unpaired) electrons. The van der Waals surface area contributed by atoms with Gasteiger partial charge in [0.15, 0.2) is 0 Å². The number of hydrogen-bond acceptors (Lipinski definition) is 5. The van der Waals surface area contributed by atoms with Gasteiger partial charge >= 0.3 is 5.97 Å². The van der Waals surface area contributed by atoms with E-state index in [1.54, 1.807) is 30.4 Å². The van der Waals surface area contributed by atoms with E-state index in [1.165, 1.54) is 0 Å². The SMILES string of the molecule is CNCCOc1c(-c2ccoc2)ccc(CSc2ccccc2)c1C(=O)O. The molecule has 0 amide bonds. The zero-order valence-corrected chi connectivity index (χ0v) is 15.8. The molecule has 5 nitrogen and oxygen atoms in total. The lowest BCUT2D eigenvalue weighted by Gasteiger charge is -2.17. The van der Waals surface area contributed by atoms with Crippen LogP contribution in [0.25, 0.3) is 11.1 Å². The van der Waals surface area contributed by atoms with E-state index in [1.807, 2.05) is 49.5 Å². The van der Waals surface area contributed by atoms with Gasteiger partial charge in [0.1, 0.15) is 17.9 Å². The van der Waals surface area contributed by atoms with Gasteiger partial charge in [-0.15, -0.1) is 11.8 Å². The summed E-state index contributed by atoms with van der Waals surface area (Å²) >= 11 is 1.60. The van der Waals surface area contributed by atoms with E-state index in [0.717, 1.165) is 16.0 Å². The molecule has 0 bridgehead atoms. The number of ether oxygens (including phenoxy) is 1. The molecule has 0 saturated carbocycles. The number of benzene rings is 2. The van der Waals surface area contributed by atoms with E-state index in [2.05, 4.69) is 5.32 Å². The molecule has 0 aliphatic heterocycles. The van der Waals surface area contributed by atoms with Crippen molar-refractivity contribution in [1.29, 1.82) is 0 Å². The highest BCUT2D eigenvalue weighted by Crippen LogP contribution is 2.37. The number of aromatic carboxylic acids is 1. The van der Waals surface area contributed by atoms with E-state index < -0.39 is 5.97 Å². The van der Waals surface area contributed by atoms with Crippen molar-refractivity contribution in [3.8, 4) is 16.9 Å². The molecule has 6 heteroatoms. The van der Waals surface area contributed by atoms with Gasteiger partial charge in [-0.25, -0.2) is 4.79 Å². The third-order valence-corrected chi connectivity index (χ3v) is 5.09. The van der Waals surface area contributed by atoms with Gasteiger partial charge in [-0.05, 0) is 30.8 Å². The van der Waals surface area contributed by atoms with Gasteiger partial charge in [-0.2, -0.15) is 0 Å². The molecule has 1 aromatic heterocycles. The van der Waals surface area contributed by atoms with E-state index in [-0.39, 0.29) is 5.56 Å². The Morgan fingerprint density at radius 1 is 1.19 bits per heavy atom. The molecule has 140 valence electrons. The fraction of sp³-hybridized carbons (Fsp3) is 0.190. The molecular formula is C21H21NO4S. The number of carboxylic acids is 1. The van der Waals surface area contributed by atoms with Gasteiger partial charge in [0.25, 0.3) is 0 Å². The number of rotatable bonds is 9. The monoisotopic (exact) mass is 383 g/mol. The zero-order chi connectivity index (χ0) is 19.1. The van der Waals surface area contributed by atoms with E-state index in [4.69, 9.17) is 9.15 Å². The lowest BCUT2D eigenvalue weighted by Crippen LogP contribution is -2.18. The van der Waals surface area contributed by atoms with Gasteiger partial charge in [0.05, 0.1) is 12.5 Å². The van der Waals surface area contributed by atoms with Crippen LogP contribution in [-0.2, 0) is 5.75 Å². The number of nitrogens with one attached hydrogen (secondary N) is 1. The highest BCUT2D eigenvalue weighted by molar-refractivity contribution is 7.98. The maximum atomic E-state index is 12.1. The fourth-order valence-electron chi connectivity index (χ4n) is 2.71. The minimum absolute atomic E-state index is 0.202. The number of furan rings is 1. The molecule has 0 fully saturated rings. The maximum Gasteiger partial charge on any atom is 0.339 e. The van der Waals surface area contributed by atoms with Crippen LogP contribution in [0, 0.1) is 0 Å². The van der Waals surface area contributed by atoms with E-state index in [0.29, 0.717) is 30.2 Å². The van der Waals surface area contributed by atoms with Crippen LogP contribution in [0.3, 0.4) is 0 Å². The van der Waals surface area contributed by atoms with Crippen molar-refractivity contribution in [2.24, 2.45) is 0 Å². The second-order valence-electron chi connectivity index (χ2n) is 5.85. The van der Waals surface area contributed by atoms with Gasteiger partial charge in [-0.1, -0.05) is 30.3 Å². The average molecular weight is 383 g/mol. The first-order valence-electron chi connectivity index (χ1n) is 8.57. The largest absolute Gasteiger partial charge is 0.491 e. The number of thioether (sulfide) groups is 1. The Balaban J connectivity index is 1.98. The van der Waals surface area contributed by atoms with Crippen LogP contribution in [-0.4, -0.2) is 31.3 Å². The Labute approximate surface area is 162 Å². The van der Waals surface area contributed by atoms with Crippen molar-refractivity contribution in [3.63, 3.8) is 0 Å². The summed E-state index contributed by atoms with van der Waals surface area (Å²) in [6.45, 7) is 0.990. The van der Waals surface area contributed by atoms with Crippen molar-refractivity contribution in [3.05, 3.63) is 72.2 Å². The molecule has 0 aliphatic rings. The van der Waals surface area contributed by atoms with E-state index in [9.17, 15) is 9.90 Å². The lowest BCUT2D eigenvalue weighted by atomic mass is 9.99. The molecule has 3 aromatic rings. The summed E-state index contributed by atoms with van der Waals surface area (Å²) in [5.41, 5.74) is 2.43. The molecule has 1 heterocycles. The summed E-state index contributed by atoms with van der Waals surface area (Å²) in [6.07, 6.45) is 3.15. The van der Waals surface area contributed by atoms with Gasteiger partial charge in [-0.3, -0.25) is 0 Å². The van der Waals surface area contributed by atoms with Crippen molar-refractivity contribution in [2.45, 2.75) is 10.6 Å². The number of likely N-dealkylation sites (N-methyl/N-ethyl adjacent to an activating group) is 1. The molecule has 3 rings (SSSR count). The van der Waals surface area contributed by atoms with E-state index >= 15 is 0 Å². The summed E-state index contributed by atoms with van der Waals surface area (Å²) in [5.74, 6) is -0.0755. The smallest absolute Gasteiger partial charge is 0.339 e. The topological polar surface area (TPSA) is 71.7 Å². The summed E-state index contributed by atoms with van der Waals surface area (Å²) < 4.78 is 11.1. The van der Waals surface area contributed by atoms with Crippen molar-refractivity contribution < 1.29 is 19.1 Å². The Kier molecular flexibility index (Phi) is 6.57. The summed E-state index contributed by atoms with van der Waals surface area (Å²) in [5, 5.41) is 12.9. The van der Waals surface area contributed by atoms with Crippen molar-refractivity contribution in [2.75, 3.05) is 20.2 Å². The van der Waals surface area contributed by atoms with Crippen LogP contribution >= 0.6 is 11.8 Å². The average Bonchev–Trinajstić information content (AvgIpc) is 3.21. The molecule has 0 unspecified atom stereocenters. The third-order valence-electron chi connectivity index (χ3n) is 4.03. The summed E-state index contributed by atoms with van der Waals surface area (Å²) in [6, 6.07) is 15.5. The molecule has 2 N–H and O–H groups in total. The number of carboxylic acid groups (broad SMARTS) is 1. The summed E-state index contributed by atoms with van der Waals surface area (Å²) in [7, 11) is 1.82. The predicted molar refractivity (Wildman–Crippen MR) is 107 cm³/mol. The fourth-order valence-corrected chi connectivity index (χ4v) is 3.62. The number of carbonyl (C=O) groups is 1. The normalized spacial score (nSPS) is 10.7. The second-order valence-corrected chi connectivity index (χ2v) is 6.90. The van der Waals surface area contributed by atoms with Crippen LogP contribution in [0.1, 0.15) is 15.9 Å². The Morgan fingerprint density at radius 3 is 2.67 bits per heavy atom. The molecule has 27 heavy (non-hydrogen) atoms. The molecule has 0 atom stereocenters. The van der Waals surface area contributed by atoms with Crippen LogP contribution < -0.4 is 10.1 Å². The van der Waals surface area contributed by atoms with Crippen LogP contribution in [0.5, 0.6) is 5.75 Å². The lowest BCUT2D eigenvalue weighted by molar-refractivity contribution is 0.0691. The molecule has 0 spiro atoms. The van der Waals surface area contributed by atoms with Gasteiger partial charge < -0.3 is 19.6 Å². The van der Waals surface area contributed by atoms with Gasteiger partial charge in [0, 0.05) is 28.3 Å². The highest BCUT2D eigenvalue weighted by Gasteiger charge is 2.22.